The monoisotopic (exact) mass is 747 g/mol. The molecule has 0 N–H and O–H groups in total. The molecule has 0 fully saturated rings. The summed E-state index contributed by atoms with van der Waals surface area (Å²) >= 11 is 1.74. The molecule has 0 saturated carbocycles. The summed E-state index contributed by atoms with van der Waals surface area (Å²) in [6.45, 7) is 0. The Morgan fingerprint density at radius 2 is 0.807 bits per heavy atom. The first-order chi connectivity index (χ1) is 28.2. The van der Waals surface area contributed by atoms with Crippen molar-refractivity contribution in [2.45, 2.75) is 0 Å². The number of benzene rings is 7. The molecule has 8 heteroatoms. The third-order valence-corrected chi connectivity index (χ3v) is 11.0. The second kappa shape index (κ2) is 14.5. The Kier molecular flexibility index (Phi) is 8.60. The molecule has 0 aliphatic heterocycles. The molecule has 0 bridgehead atoms. The van der Waals surface area contributed by atoms with Crippen molar-refractivity contribution >= 4 is 31.5 Å². The lowest BCUT2D eigenvalue weighted by Crippen LogP contribution is -2.00. The summed E-state index contributed by atoms with van der Waals surface area (Å²) in [5, 5.41) is 11.6. The van der Waals surface area contributed by atoms with Gasteiger partial charge in [-0.15, -0.1) is 11.3 Å². The molecule has 7 nitrogen and oxygen atoms in total. The van der Waals surface area contributed by atoms with E-state index in [0.717, 1.165) is 64.7 Å². The van der Waals surface area contributed by atoms with Crippen LogP contribution < -0.4 is 0 Å². The third kappa shape index (κ3) is 6.59. The van der Waals surface area contributed by atoms with Gasteiger partial charge in [0.05, 0.1) is 11.6 Å². The van der Waals surface area contributed by atoms with Crippen LogP contribution in [0.25, 0.3) is 99.6 Å². The van der Waals surface area contributed by atoms with E-state index in [1.807, 2.05) is 140 Å². The molecule has 0 aliphatic carbocycles. The van der Waals surface area contributed by atoms with Crippen LogP contribution in [0.4, 0.5) is 0 Å². The van der Waals surface area contributed by atoms with Gasteiger partial charge in [-0.25, -0.2) is 29.9 Å². The smallest absolute Gasteiger partial charge is 0.164 e. The third-order valence-electron chi connectivity index (χ3n) is 9.83. The molecule has 3 aromatic heterocycles. The number of thiophene rings is 1. The van der Waals surface area contributed by atoms with Crippen LogP contribution in [0.1, 0.15) is 5.56 Å². The summed E-state index contributed by atoms with van der Waals surface area (Å²) < 4.78 is 2.26. The molecule has 57 heavy (non-hydrogen) atoms. The quantitative estimate of drug-likeness (QED) is 0.160. The van der Waals surface area contributed by atoms with Gasteiger partial charge in [0.15, 0.2) is 34.9 Å². The van der Waals surface area contributed by atoms with Crippen molar-refractivity contribution in [1.82, 2.24) is 29.9 Å². The summed E-state index contributed by atoms with van der Waals surface area (Å²) in [5.74, 6) is 3.57. The van der Waals surface area contributed by atoms with E-state index in [1.165, 1.54) is 0 Å². The summed E-state index contributed by atoms with van der Waals surface area (Å²) in [4.78, 5) is 30.2. The zero-order valence-electron chi connectivity index (χ0n) is 30.3. The first-order valence-corrected chi connectivity index (χ1v) is 19.2. The van der Waals surface area contributed by atoms with Gasteiger partial charge in [0.2, 0.25) is 0 Å². The molecule has 0 radical (unpaired) electrons. The van der Waals surface area contributed by atoms with Gasteiger partial charge in [0.1, 0.15) is 0 Å². The number of nitrogens with zero attached hydrogens (tertiary/aromatic N) is 7. The minimum absolute atomic E-state index is 0.569. The maximum Gasteiger partial charge on any atom is 0.164 e. The fraction of sp³-hybridized carbons (Fsp3) is 0. The second-order valence-corrected chi connectivity index (χ2v) is 14.6. The zero-order chi connectivity index (χ0) is 38.1. The Morgan fingerprint density at radius 1 is 0.351 bits per heavy atom. The molecular weight excluding hydrogens is 719 g/mol. The highest BCUT2D eigenvalue weighted by Crippen LogP contribution is 2.41. The van der Waals surface area contributed by atoms with Crippen molar-refractivity contribution in [2.24, 2.45) is 0 Å². The first-order valence-electron chi connectivity index (χ1n) is 18.4. The Bertz CT molecular complexity index is 3060. The highest BCUT2D eigenvalue weighted by atomic mass is 32.1. The standard InChI is InChI=1S/C49H29N7S/c50-30-31-12-10-19-37(28-31)32-22-24-36(25-23-32)47-51-44(33-13-4-1-5-14-33)53-48(54-47)38-26-27-41-40(29-38)43-39(20-11-21-42(43)57-41)49-55-45(34-15-6-2-7-16-34)52-46(56-49)35-17-8-3-9-18-35/h1-29H. The number of rotatable bonds is 7. The van der Waals surface area contributed by atoms with Gasteiger partial charge in [-0.2, -0.15) is 5.26 Å². The Labute approximate surface area is 332 Å². The van der Waals surface area contributed by atoms with E-state index in [-0.39, 0.29) is 0 Å². The van der Waals surface area contributed by atoms with E-state index in [0.29, 0.717) is 40.5 Å². The van der Waals surface area contributed by atoms with Crippen molar-refractivity contribution in [3.8, 4) is 85.5 Å². The van der Waals surface area contributed by atoms with Crippen LogP contribution in [0.2, 0.25) is 0 Å². The number of aromatic nitrogens is 6. The summed E-state index contributed by atoms with van der Waals surface area (Å²) in [6, 6.07) is 60.7. The molecule has 0 unspecified atom stereocenters. The predicted octanol–water partition coefficient (Wildman–Crippen LogP) is 12.0. The normalized spacial score (nSPS) is 11.1. The van der Waals surface area contributed by atoms with Crippen LogP contribution in [-0.2, 0) is 0 Å². The molecule has 0 amide bonds. The largest absolute Gasteiger partial charge is 0.208 e. The molecule has 0 spiro atoms. The highest BCUT2D eigenvalue weighted by molar-refractivity contribution is 7.26. The highest BCUT2D eigenvalue weighted by Gasteiger charge is 2.19. The Morgan fingerprint density at radius 3 is 1.37 bits per heavy atom. The Hall–Kier alpha value is -7.73. The van der Waals surface area contributed by atoms with E-state index in [1.54, 1.807) is 11.3 Å². The van der Waals surface area contributed by atoms with Crippen molar-refractivity contribution < 1.29 is 0 Å². The predicted molar refractivity (Wildman–Crippen MR) is 229 cm³/mol. The van der Waals surface area contributed by atoms with E-state index in [9.17, 15) is 5.26 Å². The number of fused-ring (bicyclic) bond motifs is 3. The van der Waals surface area contributed by atoms with E-state index < -0.39 is 0 Å². The van der Waals surface area contributed by atoms with Crippen molar-refractivity contribution in [3.05, 3.63) is 181 Å². The van der Waals surface area contributed by atoms with Crippen LogP contribution in [0.3, 0.4) is 0 Å². The van der Waals surface area contributed by atoms with Crippen LogP contribution in [0, 0.1) is 11.3 Å². The maximum atomic E-state index is 9.42. The summed E-state index contributed by atoms with van der Waals surface area (Å²) in [7, 11) is 0. The van der Waals surface area contributed by atoms with Gasteiger partial charge >= 0.3 is 0 Å². The van der Waals surface area contributed by atoms with Gasteiger partial charge in [-0.05, 0) is 47.5 Å². The number of hydrogen-bond donors (Lipinski definition) is 0. The fourth-order valence-corrected chi connectivity index (χ4v) is 8.12. The lowest BCUT2D eigenvalue weighted by Gasteiger charge is -2.10. The molecule has 3 heterocycles. The first kappa shape index (κ1) is 33.8. The molecule has 0 saturated heterocycles. The van der Waals surface area contributed by atoms with Crippen molar-refractivity contribution in [2.75, 3.05) is 0 Å². The minimum Gasteiger partial charge on any atom is -0.208 e. The average Bonchev–Trinajstić information content (AvgIpc) is 3.68. The summed E-state index contributed by atoms with van der Waals surface area (Å²) in [6.07, 6.45) is 0. The van der Waals surface area contributed by atoms with Gasteiger partial charge in [-0.3, -0.25) is 0 Å². The molecule has 0 aliphatic rings. The molecule has 266 valence electrons. The van der Waals surface area contributed by atoms with Gasteiger partial charge in [0.25, 0.3) is 0 Å². The lowest BCUT2D eigenvalue weighted by molar-refractivity contribution is 1.07. The molecule has 10 aromatic rings. The van der Waals surface area contributed by atoms with Crippen LogP contribution in [0.5, 0.6) is 0 Å². The van der Waals surface area contributed by atoms with E-state index in [2.05, 4.69) is 42.5 Å². The Balaban J connectivity index is 1.12. The van der Waals surface area contributed by atoms with Gasteiger partial charge < -0.3 is 0 Å². The second-order valence-electron chi connectivity index (χ2n) is 13.5. The lowest BCUT2D eigenvalue weighted by atomic mass is 10.0. The number of hydrogen-bond acceptors (Lipinski definition) is 8. The fourth-order valence-electron chi connectivity index (χ4n) is 7.01. The summed E-state index contributed by atoms with van der Waals surface area (Å²) in [5.41, 5.74) is 8.00. The maximum absolute atomic E-state index is 9.42. The zero-order valence-corrected chi connectivity index (χ0v) is 31.1. The molecule has 0 atom stereocenters. The average molecular weight is 748 g/mol. The van der Waals surface area contributed by atoms with Crippen LogP contribution in [0.15, 0.2) is 176 Å². The topological polar surface area (TPSA) is 101 Å². The van der Waals surface area contributed by atoms with Gasteiger partial charge in [0, 0.05) is 53.6 Å². The van der Waals surface area contributed by atoms with Gasteiger partial charge in [-0.1, -0.05) is 140 Å². The van der Waals surface area contributed by atoms with Crippen LogP contribution in [-0.4, -0.2) is 29.9 Å². The van der Waals surface area contributed by atoms with Crippen LogP contribution >= 0.6 is 11.3 Å². The SMILES string of the molecule is N#Cc1cccc(-c2ccc(-c3nc(-c4ccccc4)nc(-c4ccc5sc6cccc(-c7nc(-c8ccccc8)nc(-c8ccccc8)n7)c6c5c4)n3)cc2)c1. The molecule has 10 rings (SSSR count). The minimum atomic E-state index is 0.569. The van der Waals surface area contributed by atoms with E-state index in [4.69, 9.17) is 29.9 Å². The van der Waals surface area contributed by atoms with Crippen molar-refractivity contribution in [1.29, 1.82) is 5.26 Å². The number of nitriles is 1. The molecular formula is C49H29N7S. The van der Waals surface area contributed by atoms with E-state index >= 15 is 0 Å². The molecule has 7 aromatic carbocycles. The van der Waals surface area contributed by atoms with Crippen molar-refractivity contribution in [3.63, 3.8) is 0 Å².